The smallest absolute Gasteiger partial charge is 0.0327 e. The normalized spacial score (nSPS) is 11.6. The topological polar surface area (TPSA) is 0 Å². The van der Waals surface area contributed by atoms with Gasteiger partial charge in [-0.15, -0.1) is 0 Å². The SMILES string of the molecule is CCCC=CCC(C)C. The molecule has 54 valence electrons. The van der Waals surface area contributed by atoms with Crippen molar-refractivity contribution in [1.82, 2.24) is 0 Å². The molecule has 0 aromatic carbocycles. The Morgan fingerprint density at radius 3 is 2.33 bits per heavy atom. The van der Waals surface area contributed by atoms with Gasteiger partial charge < -0.3 is 0 Å². The van der Waals surface area contributed by atoms with E-state index in [1.165, 1.54) is 19.3 Å². The molecule has 0 saturated heterocycles. The average molecular weight is 126 g/mol. The van der Waals surface area contributed by atoms with Gasteiger partial charge in [0.15, 0.2) is 0 Å². The lowest BCUT2D eigenvalue weighted by atomic mass is 10.1. The van der Waals surface area contributed by atoms with Crippen molar-refractivity contribution < 1.29 is 0 Å². The Hall–Kier alpha value is -0.260. The van der Waals surface area contributed by atoms with Crippen LogP contribution in [0.15, 0.2) is 12.2 Å². The third kappa shape index (κ3) is 7.74. The summed E-state index contributed by atoms with van der Waals surface area (Å²) in [5.74, 6) is 0.818. The van der Waals surface area contributed by atoms with E-state index in [0.717, 1.165) is 5.92 Å². The van der Waals surface area contributed by atoms with Crippen molar-refractivity contribution in [3.05, 3.63) is 12.2 Å². The van der Waals surface area contributed by atoms with Crippen LogP contribution >= 0.6 is 0 Å². The molecule has 0 saturated carbocycles. The highest BCUT2D eigenvalue weighted by Crippen LogP contribution is 2.00. The van der Waals surface area contributed by atoms with Crippen LogP contribution < -0.4 is 0 Å². The van der Waals surface area contributed by atoms with Crippen LogP contribution in [0.4, 0.5) is 0 Å². The summed E-state index contributed by atoms with van der Waals surface area (Å²) in [6, 6.07) is 0. The van der Waals surface area contributed by atoms with Crippen molar-refractivity contribution in [2.45, 2.75) is 40.0 Å². The molecular weight excluding hydrogens is 108 g/mol. The molecular formula is C9H18. The minimum Gasteiger partial charge on any atom is -0.0885 e. The van der Waals surface area contributed by atoms with Crippen LogP contribution in [0.25, 0.3) is 0 Å². The van der Waals surface area contributed by atoms with Crippen LogP contribution in [0.2, 0.25) is 0 Å². The lowest BCUT2D eigenvalue weighted by Gasteiger charge is -1.95. The maximum absolute atomic E-state index is 2.29. The van der Waals surface area contributed by atoms with Crippen LogP contribution in [0.5, 0.6) is 0 Å². The molecule has 0 fully saturated rings. The predicted molar refractivity (Wildman–Crippen MR) is 43.5 cm³/mol. The van der Waals surface area contributed by atoms with Gasteiger partial charge in [0.05, 0.1) is 0 Å². The highest BCUT2D eigenvalue weighted by atomic mass is 13.9. The van der Waals surface area contributed by atoms with Crippen molar-refractivity contribution in [3.63, 3.8) is 0 Å². The maximum atomic E-state index is 2.29. The monoisotopic (exact) mass is 126 g/mol. The molecule has 0 rings (SSSR count). The molecule has 0 N–H and O–H groups in total. The van der Waals surface area contributed by atoms with Gasteiger partial charge in [0, 0.05) is 0 Å². The van der Waals surface area contributed by atoms with Gasteiger partial charge in [0.2, 0.25) is 0 Å². The number of rotatable bonds is 4. The van der Waals surface area contributed by atoms with Gasteiger partial charge in [-0.25, -0.2) is 0 Å². The van der Waals surface area contributed by atoms with Crippen LogP contribution in [0.1, 0.15) is 40.0 Å². The van der Waals surface area contributed by atoms with E-state index in [-0.39, 0.29) is 0 Å². The summed E-state index contributed by atoms with van der Waals surface area (Å²) in [5.41, 5.74) is 0. The fraction of sp³-hybridized carbons (Fsp3) is 0.778. The van der Waals surface area contributed by atoms with Gasteiger partial charge in [0.25, 0.3) is 0 Å². The second kappa shape index (κ2) is 5.87. The quantitative estimate of drug-likeness (QED) is 0.506. The van der Waals surface area contributed by atoms with E-state index in [1.54, 1.807) is 0 Å². The van der Waals surface area contributed by atoms with Crippen molar-refractivity contribution in [3.8, 4) is 0 Å². The van der Waals surface area contributed by atoms with Crippen molar-refractivity contribution in [2.24, 2.45) is 5.92 Å². The Balaban J connectivity index is 3.04. The Kier molecular flexibility index (Phi) is 5.70. The molecule has 0 aromatic heterocycles. The van der Waals surface area contributed by atoms with E-state index in [1.807, 2.05) is 0 Å². The summed E-state index contributed by atoms with van der Waals surface area (Å²) in [7, 11) is 0. The minimum absolute atomic E-state index is 0.818. The summed E-state index contributed by atoms with van der Waals surface area (Å²) in [4.78, 5) is 0. The zero-order valence-corrected chi connectivity index (χ0v) is 6.85. The number of unbranched alkanes of at least 4 members (excludes halogenated alkanes) is 1. The maximum Gasteiger partial charge on any atom is -0.0327 e. The molecule has 0 bridgehead atoms. The second-order valence-corrected chi connectivity index (χ2v) is 2.89. The lowest BCUT2D eigenvalue weighted by molar-refractivity contribution is 0.662. The molecule has 0 aliphatic rings. The van der Waals surface area contributed by atoms with Gasteiger partial charge in [0.1, 0.15) is 0 Å². The summed E-state index contributed by atoms with van der Waals surface area (Å²) in [6.07, 6.45) is 8.31. The zero-order valence-electron chi connectivity index (χ0n) is 6.85. The first-order valence-electron chi connectivity index (χ1n) is 3.92. The van der Waals surface area contributed by atoms with Gasteiger partial charge in [-0.1, -0.05) is 39.3 Å². The highest BCUT2D eigenvalue weighted by Gasteiger charge is 1.85. The molecule has 0 heterocycles. The third-order valence-corrected chi connectivity index (χ3v) is 1.23. The molecule has 0 heteroatoms. The fourth-order valence-corrected chi connectivity index (χ4v) is 0.653. The first-order valence-corrected chi connectivity index (χ1v) is 3.92. The van der Waals surface area contributed by atoms with Gasteiger partial charge in [-0.05, 0) is 18.8 Å². The Morgan fingerprint density at radius 2 is 1.89 bits per heavy atom. The summed E-state index contributed by atoms with van der Waals surface area (Å²) >= 11 is 0. The van der Waals surface area contributed by atoms with E-state index in [9.17, 15) is 0 Å². The van der Waals surface area contributed by atoms with Gasteiger partial charge in [-0.2, -0.15) is 0 Å². The van der Waals surface area contributed by atoms with Crippen molar-refractivity contribution in [2.75, 3.05) is 0 Å². The van der Waals surface area contributed by atoms with Crippen LogP contribution in [0, 0.1) is 5.92 Å². The molecule has 0 atom stereocenters. The zero-order chi connectivity index (χ0) is 7.11. The molecule has 0 spiro atoms. The van der Waals surface area contributed by atoms with E-state index in [2.05, 4.69) is 32.9 Å². The third-order valence-electron chi connectivity index (χ3n) is 1.23. The minimum atomic E-state index is 0.818. The van der Waals surface area contributed by atoms with E-state index >= 15 is 0 Å². The van der Waals surface area contributed by atoms with Crippen LogP contribution in [-0.2, 0) is 0 Å². The first kappa shape index (κ1) is 8.74. The standard InChI is InChI=1S/C9H18/c1-4-5-6-7-8-9(2)3/h6-7,9H,4-5,8H2,1-3H3. The number of hydrogen-bond donors (Lipinski definition) is 0. The largest absolute Gasteiger partial charge is 0.0885 e. The molecule has 0 amide bonds. The Bertz CT molecular complexity index is 70.1. The molecule has 9 heavy (non-hydrogen) atoms. The first-order chi connectivity index (χ1) is 4.27. The van der Waals surface area contributed by atoms with Crippen molar-refractivity contribution >= 4 is 0 Å². The number of hydrogen-bond acceptors (Lipinski definition) is 0. The van der Waals surface area contributed by atoms with Gasteiger partial charge in [-0.3, -0.25) is 0 Å². The second-order valence-electron chi connectivity index (χ2n) is 2.89. The summed E-state index contributed by atoms with van der Waals surface area (Å²) in [6.45, 7) is 6.70. The van der Waals surface area contributed by atoms with Crippen LogP contribution in [-0.4, -0.2) is 0 Å². The van der Waals surface area contributed by atoms with Crippen LogP contribution in [0.3, 0.4) is 0 Å². The lowest BCUT2D eigenvalue weighted by Crippen LogP contribution is -1.80. The molecule has 0 nitrogen and oxygen atoms in total. The van der Waals surface area contributed by atoms with Crippen molar-refractivity contribution in [1.29, 1.82) is 0 Å². The predicted octanol–water partition coefficient (Wildman–Crippen LogP) is 3.39. The van der Waals surface area contributed by atoms with E-state index < -0.39 is 0 Å². The molecule has 0 aromatic rings. The van der Waals surface area contributed by atoms with Gasteiger partial charge >= 0.3 is 0 Å². The Morgan fingerprint density at radius 1 is 1.22 bits per heavy atom. The van der Waals surface area contributed by atoms with E-state index in [4.69, 9.17) is 0 Å². The molecule has 0 unspecified atom stereocenters. The average Bonchev–Trinajstić information content (AvgIpc) is 1.80. The Labute approximate surface area is 59.0 Å². The number of allylic oxidation sites excluding steroid dienone is 2. The molecule has 0 aliphatic heterocycles. The highest BCUT2D eigenvalue weighted by molar-refractivity contribution is 4.81. The summed E-state index contributed by atoms with van der Waals surface area (Å²) in [5, 5.41) is 0. The summed E-state index contributed by atoms with van der Waals surface area (Å²) < 4.78 is 0. The fourth-order valence-electron chi connectivity index (χ4n) is 0.653. The molecule has 0 aliphatic carbocycles. The molecule has 0 radical (unpaired) electrons. The van der Waals surface area contributed by atoms with E-state index in [0.29, 0.717) is 0 Å².